The van der Waals surface area contributed by atoms with E-state index >= 15 is 0 Å². The molecule has 0 saturated heterocycles. The summed E-state index contributed by atoms with van der Waals surface area (Å²) in [5.41, 5.74) is -0.514. The topological polar surface area (TPSA) is 60.7 Å². The molecule has 3 N–H and O–H groups in total. The summed E-state index contributed by atoms with van der Waals surface area (Å²) in [6.07, 6.45) is 6.08. The van der Waals surface area contributed by atoms with Crippen LogP contribution in [-0.2, 0) is 0 Å². The summed E-state index contributed by atoms with van der Waals surface area (Å²) in [6, 6.07) is 0. The maximum Gasteiger partial charge on any atom is 0.0653 e. The van der Waals surface area contributed by atoms with Gasteiger partial charge in [-0.15, -0.1) is 0 Å². The van der Waals surface area contributed by atoms with Gasteiger partial charge in [0.05, 0.1) is 17.8 Å². The molecule has 23 heavy (non-hydrogen) atoms. The molecule has 4 aliphatic rings. The van der Waals surface area contributed by atoms with Gasteiger partial charge in [-0.25, -0.2) is 0 Å². The molecule has 8 atom stereocenters. The van der Waals surface area contributed by atoms with E-state index in [0.717, 1.165) is 44.9 Å². The number of hydrogen-bond donors (Lipinski definition) is 3. The fraction of sp³-hybridized carbons (Fsp3) is 1.00. The summed E-state index contributed by atoms with van der Waals surface area (Å²) in [6.45, 7) is 8.81. The molecular weight excluding hydrogens is 288 g/mol. The van der Waals surface area contributed by atoms with Crippen LogP contribution in [0.3, 0.4) is 0 Å². The van der Waals surface area contributed by atoms with Crippen LogP contribution in [0.15, 0.2) is 0 Å². The van der Waals surface area contributed by atoms with Gasteiger partial charge in [0.2, 0.25) is 0 Å². The Labute approximate surface area is 140 Å². The van der Waals surface area contributed by atoms with Crippen LogP contribution in [0.25, 0.3) is 0 Å². The lowest BCUT2D eigenvalue weighted by Crippen LogP contribution is -2.63. The molecular formula is C20H34O3. The second-order valence-corrected chi connectivity index (χ2v) is 10.7. The molecule has 4 fully saturated rings. The van der Waals surface area contributed by atoms with Gasteiger partial charge < -0.3 is 15.3 Å². The van der Waals surface area contributed by atoms with Crippen molar-refractivity contribution < 1.29 is 15.3 Å². The van der Waals surface area contributed by atoms with Crippen LogP contribution < -0.4 is 0 Å². The molecule has 0 radical (unpaired) electrons. The van der Waals surface area contributed by atoms with Gasteiger partial charge >= 0.3 is 0 Å². The fourth-order valence-electron chi connectivity index (χ4n) is 8.51. The lowest BCUT2D eigenvalue weighted by Gasteiger charge is -2.66. The minimum absolute atomic E-state index is 0.00970. The van der Waals surface area contributed by atoms with Crippen LogP contribution in [0.2, 0.25) is 0 Å². The average Bonchev–Trinajstić information content (AvgIpc) is 2.51. The lowest BCUT2D eigenvalue weighted by atomic mass is 9.40. The molecule has 0 heterocycles. The first-order chi connectivity index (χ1) is 10.5. The predicted molar refractivity (Wildman–Crippen MR) is 89.7 cm³/mol. The van der Waals surface area contributed by atoms with Crippen LogP contribution in [0.4, 0.5) is 0 Å². The van der Waals surface area contributed by atoms with Gasteiger partial charge in [-0.3, -0.25) is 0 Å². The van der Waals surface area contributed by atoms with Crippen molar-refractivity contribution in [3.05, 3.63) is 0 Å². The van der Waals surface area contributed by atoms with E-state index in [1.54, 1.807) is 0 Å². The molecule has 0 aromatic carbocycles. The highest BCUT2D eigenvalue weighted by atomic mass is 16.3. The Hall–Kier alpha value is -0.120. The second kappa shape index (κ2) is 4.53. The maximum absolute atomic E-state index is 11.2. The number of aliphatic hydroxyl groups is 3. The SMILES string of the molecule is CC1(C)C[C@@H](O)C[C@@]2(C)[C@H]1[C@H](O)C[C@]13C[C@@H](CC[C@@H]12)[C@@](C)(O)C3. The van der Waals surface area contributed by atoms with E-state index in [-0.39, 0.29) is 34.4 Å². The van der Waals surface area contributed by atoms with E-state index in [2.05, 4.69) is 20.8 Å². The van der Waals surface area contributed by atoms with Crippen LogP contribution in [0, 0.1) is 34.0 Å². The first-order valence-electron chi connectivity index (χ1n) is 9.59. The first-order valence-corrected chi connectivity index (χ1v) is 9.59. The van der Waals surface area contributed by atoms with Crippen molar-refractivity contribution in [2.24, 2.45) is 34.0 Å². The zero-order chi connectivity index (χ0) is 16.8. The predicted octanol–water partition coefficient (Wildman–Crippen LogP) is 3.11. The molecule has 3 heteroatoms. The molecule has 0 aromatic heterocycles. The quantitative estimate of drug-likeness (QED) is 0.642. The molecule has 132 valence electrons. The van der Waals surface area contributed by atoms with Crippen molar-refractivity contribution in [1.82, 2.24) is 0 Å². The van der Waals surface area contributed by atoms with Crippen molar-refractivity contribution in [3.8, 4) is 0 Å². The monoisotopic (exact) mass is 322 g/mol. The molecule has 4 saturated carbocycles. The van der Waals surface area contributed by atoms with Crippen molar-refractivity contribution in [1.29, 1.82) is 0 Å². The van der Waals surface area contributed by atoms with Crippen LogP contribution >= 0.6 is 0 Å². The minimum atomic E-state index is -0.569. The Balaban J connectivity index is 1.79. The van der Waals surface area contributed by atoms with Gasteiger partial charge in [0.1, 0.15) is 0 Å². The molecule has 3 nitrogen and oxygen atoms in total. The van der Waals surface area contributed by atoms with Gasteiger partial charge in [-0.1, -0.05) is 20.8 Å². The Bertz CT molecular complexity index is 513. The number of hydrogen-bond acceptors (Lipinski definition) is 3. The summed E-state index contributed by atoms with van der Waals surface area (Å²) >= 11 is 0. The molecule has 1 spiro atoms. The normalized spacial score (nSPS) is 60.9. The summed E-state index contributed by atoms with van der Waals surface area (Å²) in [7, 11) is 0. The molecule has 0 aliphatic heterocycles. The summed E-state index contributed by atoms with van der Waals surface area (Å²) in [5, 5.41) is 32.6. The van der Waals surface area contributed by atoms with E-state index in [4.69, 9.17) is 0 Å². The number of rotatable bonds is 0. The zero-order valence-corrected chi connectivity index (χ0v) is 15.2. The number of aliphatic hydroxyl groups excluding tert-OH is 2. The summed E-state index contributed by atoms with van der Waals surface area (Å²) in [5.74, 6) is 1.19. The summed E-state index contributed by atoms with van der Waals surface area (Å²) < 4.78 is 0. The highest BCUT2D eigenvalue weighted by Gasteiger charge is 2.69. The summed E-state index contributed by atoms with van der Waals surface area (Å²) in [4.78, 5) is 0. The maximum atomic E-state index is 11.2. The molecule has 0 amide bonds. The van der Waals surface area contributed by atoms with Crippen LogP contribution in [0.5, 0.6) is 0 Å². The van der Waals surface area contributed by atoms with Crippen molar-refractivity contribution in [3.63, 3.8) is 0 Å². The van der Waals surface area contributed by atoms with Crippen molar-refractivity contribution >= 4 is 0 Å². The van der Waals surface area contributed by atoms with Gasteiger partial charge in [-0.2, -0.15) is 0 Å². The van der Waals surface area contributed by atoms with Crippen LogP contribution in [0.1, 0.15) is 72.6 Å². The van der Waals surface area contributed by atoms with E-state index in [1.165, 1.54) is 0 Å². The minimum Gasteiger partial charge on any atom is -0.393 e. The molecule has 0 unspecified atom stereocenters. The third-order valence-corrected chi connectivity index (χ3v) is 8.57. The highest BCUT2D eigenvalue weighted by Crippen LogP contribution is 2.72. The largest absolute Gasteiger partial charge is 0.393 e. The van der Waals surface area contributed by atoms with E-state index < -0.39 is 5.60 Å². The van der Waals surface area contributed by atoms with Crippen molar-refractivity contribution in [2.75, 3.05) is 0 Å². The fourth-order valence-corrected chi connectivity index (χ4v) is 8.51. The third-order valence-electron chi connectivity index (χ3n) is 8.57. The average molecular weight is 322 g/mol. The molecule has 4 rings (SSSR count). The molecule has 2 bridgehead atoms. The molecule has 4 aliphatic carbocycles. The zero-order valence-electron chi connectivity index (χ0n) is 15.2. The van der Waals surface area contributed by atoms with Crippen molar-refractivity contribution in [2.45, 2.75) is 90.4 Å². The van der Waals surface area contributed by atoms with E-state index in [0.29, 0.717) is 11.8 Å². The first kappa shape index (κ1) is 16.4. The smallest absolute Gasteiger partial charge is 0.0653 e. The van der Waals surface area contributed by atoms with Crippen LogP contribution in [-0.4, -0.2) is 33.1 Å². The molecule has 0 aromatic rings. The Morgan fingerprint density at radius 2 is 1.57 bits per heavy atom. The Kier molecular flexibility index (Phi) is 3.22. The van der Waals surface area contributed by atoms with E-state index in [1.807, 2.05) is 6.92 Å². The van der Waals surface area contributed by atoms with Gasteiger partial charge in [-0.05, 0) is 85.9 Å². The Morgan fingerprint density at radius 1 is 0.870 bits per heavy atom. The third kappa shape index (κ3) is 2.05. The second-order valence-electron chi connectivity index (χ2n) is 10.7. The lowest BCUT2D eigenvalue weighted by molar-refractivity contribution is -0.216. The Morgan fingerprint density at radius 3 is 2.26 bits per heavy atom. The van der Waals surface area contributed by atoms with Gasteiger partial charge in [0, 0.05) is 0 Å². The van der Waals surface area contributed by atoms with Gasteiger partial charge in [0.15, 0.2) is 0 Å². The standard InChI is InChI=1S/C20H34O3/c1-17(2)8-13(21)9-18(3)15-6-5-12-7-20(15,11-19(12,4)23)10-14(22)16(17)18/h12-16,21-23H,5-11H2,1-4H3/t12-,13-,14-,15-,16+,18-,19+,20+/m1/s1. The highest BCUT2D eigenvalue weighted by molar-refractivity contribution is 5.18. The number of fused-ring (bicyclic) bond motifs is 3. The van der Waals surface area contributed by atoms with E-state index in [9.17, 15) is 15.3 Å². The van der Waals surface area contributed by atoms with Gasteiger partial charge in [0.25, 0.3) is 0 Å².